The van der Waals surface area contributed by atoms with Crippen LogP contribution < -0.4 is 4.90 Å². The quantitative estimate of drug-likeness (QED) is 0.529. The van der Waals surface area contributed by atoms with Crippen molar-refractivity contribution in [2.75, 3.05) is 18.0 Å². The number of amides is 2. The molecule has 1 fully saturated rings. The maximum absolute atomic E-state index is 14.1. The van der Waals surface area contributed by atoms with Crippen LogP contribution in [0.2, 0.25) is 0 Å². The number of rotatable bonds is 5. The molecule has 194 valence electrons. The summed E-state index contributed by atoms with van der Waals surface area (Å²) in [5, 5.41) is 16.9. The first kappa shape index (κ1) is 25.0. The van der Waals surface area contributed by atoms with Crippen molar-refractivity contribution in [1.29, 1.82) is 0 Å². The second-order valence-corrected chi connectivity index (χ2v) is 9.85. The van der Waals surface area contributed by atoms with Crippen LogP contribution in [0.15, 0.2) is 42.6 Å². The smallest absolute Gasteiger partial charge is 0.391 e. The number of aliphatic hydroxyl groups excluding tert-OH is 1. The van der Waals surface area contributed by atoms with Gasteiger partial charge in [-0.3, -0.25) is 14.7 Å². The number of nitrogens with one attached hydrogen (secondary N) is 1. The molecule has 1 saturated heterocycles. The van der Waals surface area contributed by atoms with E-state index in [1.165, 1.54) is 15.9 Å². The summed E-state index contributed by atoms with van der Waals surface area (Å²) in [6, 6.07) is 9.31. The van der Waals surface area contributed by atoms with Crippen molar-refractivity contribution in [1.82, 2.24) is 15.1 Å². The zero-order chi connectivity index (χ0) is 26.5. The number of carbonyl (C=O) groups excluding carboxylic acids is 2. The lowest BCUT2D eigenvalue weighted by Crippen LogP contribution is -2.30. The summed E-state index contributed by atoms with van der Waals surface area (Å²) in [6.45, 7) is 4.06. The Labute approximate surface area is 211 Å². The lowest BCUT2D eigenvalue weighted by Gasteiger charge is -2.19. The summed E-state index contributed by atoms with van der Waals surface area (Å²) in [4.78, 5) is 28.9. The van der Waals surface area contributed by atoms with Crippen molar-refractivity contribution in [3.63, 3.8) is 0 Å². The van der Waals surface area contributed by atoms with Crippen LogP contribution in [0.1, 0.15) is 67.9 Å². The van der Waals surface area contributed by atoms with Crippen LogP contribution in [-0.4, -0.2) is 51.2 Å². The minimum Gasteiger partial charge on any atom is -0.391 e. The number of alkyl halides is 3. The van der Waals surface area contributed by atoms with Crippen molar-refractivity contribution in [2.24, 2.45) is 0 Å². The molecule has 2 atom stereocenters. The lowest BCUT2D eigenvalue weighted by molar-refractivity contribution is -0.138. The molecule has 2 N–H and O–H groups in total. The molecule has 2 amide bonds. The number of β-amino-alcohol motifs (C(OH)–C–C–N with tert-alkyl or cyclic N) is 1. The Morgan fingerprint density at radius 1 is 1.27 bits per heavy atom. The van der Waals surface area contributed by atoms with Crippen molar-refractivity contribution >= 4 is 17.5 Å². The van der Waals surface area contributed by atoms with Gasteiger partial charge in [0.1, 0.15) is 0 Å². The Kier molecular flexibility index (Phi) is 6.31. The number of benzene rings is 2. The number of carbonyl (C=O) groups is 2. The number of anilines is 1. The average Bonchev–Trinajstić information content (AvgIpc) is 3.56. The fraction of sp³-hybridized carbons (Fsp3) is 0.370. The summed E-state index contributed by atoms with van der Waals surface area (Å²) >= 11 is 0. The second kappa shape index (κ2) is 9.33. The van der Waals surface area contributed by atoms with Crippen molar-refractivity contribution in [3.8, 4) is 0 Å². The first-order valence-electron chi connectivity index (χ1n) is 12.2. The molecular formula is C27H27F3N4O3. The number of fused-ring (bicyclic) bond motifs is 1. The number of aromatic amines is 1. The molecular weight excluding hydrogens is 485 g/mol. The highest BCUT2D eigenvalue weighted by atomic mass is 19.4. The molecule has 10 heteroatoms. The first-order chi connectivity index (χ1) is 17.5. The topological polar surface area (TPSA) is 89.5 Å². The van der Waals surface area contributed by atoms with Gasteiger partial charge in [0.25, 0.3) is 11.8 Å². The van der Waals surface area contributed by atoms with Gasteiger partial charge in [0, 0.05) is 36.1 Å². The van der Waals surface area contributed by atoms with Crippen LogP contribution in [0.5, 0.6) is 0 Å². The van der Waals surface area contributed by atoms with E-state index in [1.54, 1.807) is 12.1 Å². The molecule has 2 aliphatic rings. The van der Waals surface area contributed by atoms with Gasteiger partial charge in [-0.2, -0.15) is 18.3 Å². The molecule has 5 rings (SSSR count). The molecule has 0 unspecified atom stereocenters. The third-order valence-electron chi connectivity index (χ3n) is 7.23. The van der Waals surface area contributed by atoms with Gasteiger partial charge >= 0.3 is 6.18 Å². The molecule has 3 aromatic rings. The highest BCUT2D eigenvalue weighted by Crippen LogP contribution is 2.40. The van der Waals surface area contributed by atoms with Crippen LogP contribution in [0.25, 0.3) is 0 Å². The van der Waals surface area contributed by atoms with Crippen molar-refractivity contribution in [3.05, 3.63) is 81.7 Å². The van der Waals surface area contributed by atoms with E-state index in [4.69, 9.17) is 0 Å². The fourth-order valence-corrected chi connectivity index (χ4v) is 5.09. The zero-order valence-corrected chi connectivity index (χ0v) is 20.5. The lowest BCUT2D eigenvalue weighted by atomic mass is 9.94. The number of aryl methyl sites for hydroxylation is 1. The van der Waals surface area contributed by atoms with E-state index in [2.05, 4.69) is 10.2 Å². The van der Waals surface area contributed by atoms with E-state index < -0.39 is 29.7 Å². The van der Waals surface area contributed by atoms with E-state index in [-0.39, 0.29) is 42.2 Å². The van der Waals surface area contributed by atoms with Gasteiger partial charge < -0.3 is 14.9 Å². The molecule has 2 aliphatic heterocycles. The minimum absolute atomic E-state index is 0.0557. The molecule has 2 aromatic carbocycles. The Bertz CT molecular complexity index is 1370. The van der Waals surface area contributed by atoms with Crippen LogP contribution >= 0.6 is 0 Å². The molecule has 0 spiro atoms. The largest absolute Gasteiger partial charge is 0.416 e. The van der Waals surface area contributed by atoms with Gasteiger partial charge in [-0.25, -0.2) is 0 Å². The van der Waals surface area contributed by atoms with Gasteiger partial charge in [-0.1, -0.05) is 19.1 Å². The number of likely N-dealkylation sites (tertiary alicyclic amines) is 1. The fourth-order valence-electron chi connectivity index (χ4n) is 5.09. The molecule has 7 nitrogen and oxygen atoms in total. The number of H-pyrrole nitrogens is 1. The normalized spacial score (nSPS) is 18.4. The third-order valence-corrected chi connectivity index (χ3v) is 7.23. The van der Waals surface area contributed by atoms with Gasteiger partial charge in [0.05, 0.1) is 23.9 Å². The van der Waals surface area contributed by atoms with Gasteiger partial charge in [-0.05, 0) is 66.6 Å². The predicted octanol–water partition coefficient (Wildman–Crippen LogP) is 4.45. The molecule has 0 saturated carbocycles. The third kappa shape index (κ3) is 4.73. The molecule has 1 aromatic heterocycles. The SMILES string of the molecule is Cc1c[nH]nc1C[C@@H](C)c1cccc(N2Cc3c(cc(C(=O)N4CC[C@@H](O)C4)cc3C(F)(F)F)C2=O)c1. The minimum atomic E-state index is -4.74. The van der Waals surface area contributed by atoms with E-state index in [0.717, 1.165) is 22.9 Å². The number of hydrogen-bond donors (Lipinski definition) is 2. The highest BCUT2D eigenvalue weighted by molar-refractivity contribution is 6.11. The zero-order valence-electron chi connectivity index (χ0n) is 20.5. The van der Waals surface area contributed by atoms with Gasteiger partial charge in [-0.15, -0.1) is 0 Å². The van der Waals surface area contributed by atoms with E-state index in [0.29, 0.717) is 18.5 Å². The number of nitrogens with zero attached hydrogens (tertiary/aromatic N) is 3. The molecule has 3 heterocycles. The number of aliphatic hydroxyl groups is 1. The maximum Gasteiger partial charge on any atom is 0.416 e. The Hall–Kier alpha value is -3.66. The van der Waals surface area contributed by atoms with Crippen LogP contribution in [-0.2, 0) is 19.1 Å². The summed E-state index contributed by atoms with van der Waals surface area (Å²) in [5.74, 6) is -1.14. The van der Waals surface area contributed by atoms with E-state index in [9.17, 15) is 27.9 Å². The Morgan fingerprint density at radius 3 is 2.70 bits per heavy atom. The van der Waals surface area contributed by atoms with E-state index >= 15 is 0 Å². The van der Waals surface area contributed by atoms with Crippen molar-refractivity contribution < 1.29 is 27.9 Å². The maximum atomic E-state index is 14.1. The van der Waals surface area contributed by atoms with Crippen LogP contribution in [0, 0.1) is 6.92 Å². The number of aromatic nitrogens is 2. The standard InChI is InChI=1S/C27H27F3N4O3/c1-15(8-24-16(2)12-31-32-24)17-4-3-5-19(9-17)34-14-22-21(26(34)37)10-18(11-23(22)27(28,29)30)25(36)33-7-6-20(35)13-33/h3-5,9-12,15,20,35H,6-8,13-14H2,1-2H3,(H,31,32)/t15-,20-/m1/s1. The summed E-state index contributed by atoms with van der Waals surface area (Å²) in [5.41, 5.74) is 1.96. The monoisotopic (exact) mass is 512 g/mol. The predicted molar refractivity (Wildman–Crippen MR) is 130 cm³/mol. The molecule has 0 radical (unpaired) electrons. The number of halogens is 3. The Morgan fingerprint density at radius 2 is 2.05 bits per heavy atom. The second-order valence-electron chi connectivity index (χ2n) is 9.85. The summed E-state index contributed by atoms with van der Waals surface area (Å²) in [7, 11) is 0. The number of hydrogen-bond acceptors (Lipinski definition) is 4. The first-order valence-corrected chi connectivity index (χ1v) is 12.2. The summed E-state index contributed by atoms with van der Waals surface area (Å²) in [6.07, 6.45) is -2.59. The van der Waals surface area contributed by atoms with Gasteiger partial charge in [0.15, 0.2) is 0 Å². The molecule has 0 aliphatic carbocycles. The average molecular weight is 513 g/mol. The highest BCUT2D eigenvalue weighted by Gasteiger charge is 2.41. The van der Waals surface area contributed by atoms with Crippen LogP contribution in [0.3, 0.4) is 0 Å². The van der Waals surface area contributed by atoms with Gasteiger partial charge in [0.2, 0.25) is 0 Å². The summed E-state index contributed by atoms with van der Waals surface area (Å²) < 4.78 is 42.2. The van der Waals surface area contributed by atoms with Crippen molar-refractivity contribution in [2.45, 2.75) is 51.4 Å². The Balaban J connectivity index is 1.46. The van der Waals surface area contributed by atoms with E-state index in [1.807, 2.05) is 32.2 Å². The van der Waals surface area contributed by atoms with Crippen LogP contribution in [0.4, 0.5) is 18.9 Å². The molecule has 37 heavy (non-hydrogen) atoms. The molecule has 0 bridgehead atoms.